The molecule has 0 aliphatic rings. The van der Waals surface area contributed by atoms with E-state index in [0.29, 0.717) is 27.0 Å². The Kier molecular flexibility index (Phi) is 2.99. The highest BCUT2D eigenvalue weighted by Crippen LogP contribution is 2.27. The molecule has 0 radical (unpaired) electrons. The van der Waals surface area contributed by atoms with Gasteiger partial charge in [-0.25, -0.2) is 9.07 Å². The maximum Gasteiger partial charge on any atom is 0.280 e. The van der Waals surface area contributed by atoms with Crippen LogP contribution in [0.15, 0.2) is 47.4 Å². The third kappa shape index (κ3) is 1.97. The Morgan fingerprint density at radius 1 is 1.22 bits per heavy atom. The van der Waals surface area contributed by atoms with Crippen molar-refractivity contribution in [2.24, 2.45) is 0 Å². The van der Waals surface area contributed by atoms with Crippen molar-refractivity contribution in [3.63, 3.8) is 0 Å². The SMILES string of the molecule is Cc1ccc(F)c2ncc3c(=O)n(-c4ccccc4Cl)[nH]c3c12. The quantitative estimate of drug-likeness (QED) is 0.575. The predicted molar refractivity (Wildman–Crippen MR) is 88.9 cm³/mol. The van der Waals surface area contributed by atoms with Gasteiger partial charge in [-0.15, -0.1) is 0 Å². The molecule has 4 nitrogen and oxygen atoms in total. The predicted octanol–water partition coefficient (Wildman–Crippen LogP) is 3.97. The van der Waals surface area contributed by atoms with Gasteiger partial charge in [-0.2, -0.15) is 0 Å². The molecule has 0 saturated carbocycles. The van der Waals surface area contributed by atoms with Crippen LogP contribution in [0.25, 0.3) is 27.5 Å². The van der Waals surface area contributed by atoms with Crippen LogP contribution in [0.5, 0.6) is 0 Å². The van der Waals surface area contributed by atoms with Crippen LogP contribution in [-0.4, -0.2) is 14.8 Å². The summed E-state index contributed by atoms with van der Waals surface area (Å²) in [6.07, 6.45) is 1.40. The molecule has 0 aliphatic carbocycles. The van der Waals surface area contributed by atoms with Gasteiger partial charge in [-0.1, -0.05) is 29.8 Å². The fourth-order valence-corrected chi connectivity index (χ4v) is 3.02. The summed E-state index contributed by atoms with van der Waals surface area (Å²) in [6, 6.07) is 10.1. The maximum atomic E-state index is 14.0. The number of aromatic nitrogens is 3. The van der Waals surface area contributed by atoms with E-state index in [0.717, 1.165) is 5.56 Å². The van der Waals surface area contributed by atoms with Gasteiger partial charge in [0.25, 0.3) is 5.56 Å². The normalized spacial score (nSPS) is 11.4. The number of hydrogen-bond donors (Lipinski definition) is 1. The summed E-state index contributed by atoms with van der Waals surface area (Å²) < 4.78 is 15.4. The van der Waals surface area contributed by atoms with Crippen LogP contribution in [0.4, 0.5) is 4.39 Å². The van der Waals surface area contributed by atoms with Crippen molar-refractivity contribution < 1.29 is 4.39 Å². The molecule has 2 aromatic carbocycles. The van der Waals surface area contributed by atoms with Crippen molar-refractivity contribution in [2.45, 2.75) is 6.92 Å². The van der Waals surface area contributed by atoms with Crippen LogP contribution >= 0.6 is 11.6 Å². The lowest BCUT2D eigenvalue weighted by Gasteiger charge is -2.04. The molecule has 1 N–H and O–H groups in total. The molecule has 4 rings (SSSR count). The summed E-state index contributed by atoms with van der Waals surface area (Å²) >= 11 is 6.18. The Balaban J connectivity index is 2.17. The van der Waals surface area contributed by atoms with Gasteiger partial charge in [-0.05, 0) is 30.7 Å². The molecule has 0 amide bonds. The maximum absolute atomic E-state index is 14.0. The van der Waals surface area contributed by atoms with Crippen molar-refractivity contribution in [3.8, 4) is 5.69 Å². The van der Waals surface area contributed by atoms with Gasteiger partial charge in [0.2, 0.25) is 0 Å². The molecule has 0 saturated heterocycles. The molecule has 0 fully saturated rings. The largest absolute Gasteiger partial charge is 0.289 e. The summed E-state index contributed by atoms with van der Waals surface area (Å²) in [7, 11) is 0. The number of nitrogens with zero attached hydrogens (tertiary/aromatic N) is 2. The third-order valence-corrected chi connectivity index (χ3v) is 4.25. The number of para-hydroxylation sites is 1. The number of benzene rings is 2. The van der Waals surface area contributed by atoms with E-state index in [4.69, 9.17) is 11.6 Å². The Morgan fingerprint density at radius 3 is 2.78 bits per heavy atom. The van der Waals surface area contributed by atoms with Crippen molar-refractivity contribution in [3.05, 3.63) is 69.4 Å². The zero-order valence-electron chi connectivity index (χ0n) is 12.1. The molecule has 2 aromatic heterocycles. The minimum Gasteiger partial charge on any atom is -0.289 e. The number of rotatable bonds is 1. The van der Waals surface area contributed by atoms with Crippen LogP contribution in [-0.2, 0) is 0 Å². The van der Waals surface area contributed by atoms with Gasteiger partial charge in [0.15, 0.2) is 0 Å². The first-order valence-corrected chi connectivity index (χ1v) is 7.39. The number of nitrogens with one attached hydrogen (secondary N) is 1. The molecule has 23 heavy (non-hydrogen) atoms. The molecule has 0 aliphatic heterocycles. The highest BCUT2D eigenvalue weighted by atomic mass is 35.5. The second-order valence-electron chi connectivity index (χ2n) is 5.34. The van der Waals surface area contributed by atoms with E-state index in [9.17, 15) is 9.18 Å². The van der Waals surface area contributed by atoms with E-state index in [-0.39, 0.29) is 11.1 Å². The summed E-state index contributed by atoms with van der Waals surface area (Å²) in [4.78, 5) is 16.8. The lowest BCUT2D eigenvalue weighted by Crippen LogP contribution is -2.14. The summed E-state index contributed by atoms with van der Waals surface area (Å²) in [5.41, 5.74) is 1.90. The highest BCUT2D eigenvalue weighted by Gasteiger charge is 2.16. The van der Waals surface area contributed by atoms with Crippen LogP contribution in [0.3, 0.4) is 0 Å². The smallest absolute Gasteiger partial charge is 0.280 e. The monoisotopic (exact) mass is 327 g/mol. The Labute approximate surface area is 135 Å². The molecule has 0 bridgehead atoms. The topological polar surface area (TPSA) is 50.7 Å². The van der Waals surface area contributed by atoms with E-state index in [1.54, 1.807) is 30.3 Å². The number of pyridine rings is 1. The second-order valence-corrected chi connectivity index (χ2v) is 5.75. The highest BCUT2D eigenvalue weighted by molar-refractivity contribution is 6.32. The molecule has 2 heterocycles. The third-order valence-electron chi connectivity index (χ3n) is 3.93. The van der Waals surface area contributed by atoms with Crippen molar-refractivity contribution in [2.75, 3.05) is 0 Å². The first kappa shape index (κ1) is 14.0. The van der Waals surface area contributed by atoms with E-state index in [2.05, 4.69) is 10.1 Å². The number of H-pyrrole nitrogens is 1. The van der Waals surface area contributed by atoms with Crippen molar-refractivity contribution in [1.29, 1.82) is 0 Å². The number of halogens is 2. The summed E-state index contributed by atoms with van der Waals surface area (Å²) in [5.74, 6) is -0.418. The average molecular weight is 328 g/mol. The van der Waals surface area contributed by atoms with Crippen molar-refractivity contribution >= 4 is 33.4 Å². The number of aromatic amines is 1. The summed E-state index contributed by atoms with van der Waals surface area (Å²) in [5, 5.41) is 4.49. The number of aryl methyl sites for hydroxylation is 1. The fraction of sp³-hybridized carbons (Fsp3) is 0.0588. The molecule has 4 aromatic rings. The Bertz CT molecular complexity index is 1130. The van der Waals surface area contributed by atoms with Gasteiger partial charge in [0.1, 0.15) is 11.3 Å². The Hall–Kier alpha value is -2.66. The lowest BCUT2D eigenvalue weighted by atomic mass is 10.1. The van der Waals surface area contributed by atoms with Crippen LogP contribution in [0.1, 0.15) is 5.56 Å². The standard InChI is InChI=1S/C17H11ClFN3O/c1-9-6-7-12(19)16-14(9)15-10(8-20-16)17(23)22(21-15)13-5-3-2-4-11(13)18/h2-8,21H,1H3. The zero-order valence-corrected chi connectivity index (χ0v) is 12.9. The number of hydrogen-bond acceptors (Lipinski definition) is 2. The molecule has 114 valence electrons. The minimum absolute atomic E-state index is 0.241. The van der Waals surface area contributed by atoms with Crippen LogP contribution in [0.2, 0.25) is 5.02 Å². The van der Waals surface area contributed by atoms with Crippen LogP contribution < -0.4 is 5.56 Å². The minimum atomic E-state index is -0.418. The van der Waals surface area contributed by atoms with E-state index < -0.39 is 5.82 Å². The fourth-order valence-electron chi connectivity index (χ4n) is 2.80. The summed E-state index contributed by atoms with van der Waals surface area (Å²) in [6.45, 7) is 1.86. The van der Waals surface area contributed by atoms with Gasteiger partial charge in [0.05, 0.1) is 21.6 Å². The molecule has 0 unspecified atom stereocenters. The van der Waals surface area contributed by atoms with E-state index >= 15 is 0 Å². The lowest BCUT2D eigenvalue weighted by molar-refractivity contribution is 0.636. The molecule has 0 spiro atoms. The van der Waals surface area contributed by atoms with Crippen LogP contribution in [0, 0.1) is 12.7 Å². The van der Waals surface area contributed by atoms with Gasteiger partial charge in [0, 0.05) is 11.6 Å². The van der Waals surface area contributed by atoms with Gasteiger partial charge in [-0.3, -0.25) is 14.9 Å². The molecular formula is C17H11ClFN3O. The first-order valence-electron chi connectivity index (χ1n) is 7.01. The average Bonchev–Trinajstić information content (AvgIpc) is 2.88. The van der Waals surface area contributed by atoms with Gasteiger partial charge >= 0.3 is 0 Å². The second kappa shape index (κ2) is 4.93. The molecule has 6 heteroatoms. The molecular weight excluding hydrogens is 317 g/mol. The van der Waals surface area contributed by atoms with Crippen molar-refractivity contribution in [1.82, 2.24) is 14.8 Å². The molecule has 0 atom stereocenters. The Morgan fingerprint density at radius 2 is 2.00 bits per heavy atom. The van der Waals surface area contributed by atoms with Gasteiger partial charge < -0.3 is 0 Å². The zero-order chi connectivity index (χ0) is 16.1. The van der Waals surface area contributed by atoms with E-state index in [1.807, 2.05) is 6.92 Å². The first-order chi connectivity index (χ1) is 11.1. The van der Waals surface area contributed by atoms with E-state index in [1.165, 1.54) is 16.9 Å². The number of fused-ring (bicyclic) bond motifs is 3.